The molecule has 2 aromatic rings. The standard InChI is InChI=1S/C13H13F4N3OS/c1-7-3-8(2)10(22(21)5-11(14)15)4-9(7)20-6-18-13(19-20)12(16)17/h3-4,6,11-12H,5H2,1-2H3. The highest BCUT2D eigenvalue weighted by Crippen LogP contribution is 2.25. The quantitative estimate of drug-likeness (QED) is 0.623. The Bertz CT molecular complexity index is 663. The van der Waals surface area contributed by atoms with E-state index in [1.165, 1.54) is 6.07 Å². The van der Waals surface area contributed by atoms with Gasteiger partial charge in [-0.25, -0.2) is 27.2 Å². The molecule has 120 valence electrons. The van der Waals surface area contributed by atoms with E-state index in [4.69, 9.17) is 0 Å². The summed E-state index contributed by atoms with van der Waals surface area (Å²) in [7, 11) is 0. The zero-order chi connectivity index (χ0) is 16.4. The number of alkyl halides is 4. The molecule has 0 spiro atoms. The van der Waals surface area contributed by atoms with Crippen molar-refractivity contribution >= 4 is 11.2 Å². The summed E-state index contributed by atoms with van der Waals surface area (Å²) in [5, 5.41) is 3.64. The summed E-state index contributed by atoms with van der Waals surface area (Å²) in [6, 6.07) is 3.07. The molecule has 0 bridgehead atoms. The first kappa shape index (κ1) is 16.8. The third-order valence-electron chi connectivity index (χ3n) is 2.97. The molecular weight excluding hydrogens is 322 g/mol. The minimum Gasteiger partial charge on any atom is -0.611 e. The van der Waals surface area contributed by atoms with Crippen LogP contribution in [0.25, 0.3) is 5.69 Å². The van der Waals surface area contributed by atoms with Gasteiger partial charge in [0.05, 0.1) is 5.69 Å². The van der Waals surface area contributed by atoms with Crippen molar-refractivity contribution in [3.63, 3.8) is 0 Å². The fraction of sp³-hybridized carbons (Fsp3) is 0.385. The van der Waals surface area contributed by atoms with E-state index in [9.17, 15) is 22.1 Å². The van der Waals surface area contributed by atoms with Gasteiger partial charge in [0.1, 0.15) is 6.33 Å². The molecule has 0 saturated carbocycles. The smallest absolute Gasteiger partial charge is 0.299 e. The van der Waals surface area contributed by atoms with Crippen LogP contribution in [0.3, 0.4) is 0 Å². The molecule has 1 unspecified atom stereocenters. The number of halogens is 4. The Hall–Kier alpha value is -1.61. The summed E-state index contributed by atoms with van der Waals surface area (Å²) in [4.78, 5) is 3.72. The number of rotatable bonds is 5. The average Bonchev–Trinajstić information content (AvgIpc) is 2.87. The van der Waals surface area contributed by atoms with E-state index in [-0.39, 0.29) is 4.90 Å². The maximum Gasteiger partial charge on any atom is 0.299 e. The summed E-state index contributed by atoms with van der Waals surface area (Å²) < 4.78 is 62.9. The summed E-state index contributed by atoms with van der Waals surface area (Å²) in [6.07, 6.45) is -4.39. The molecule has 0 N–H and O–H groups in total. The first-order valence-electron chi connectivity index (χ1n) is 6.27. The number of hydrogen-bond donors (Lipinski definition) is 0. The zero-order valence-electron chi connectivity index (χ0n) is 11.8. The predicted molar refractivity (Wildman–Crippen MR) is 73.1 cm³/mol. The Morgan fingerprint density at radius 2 is 1.86 bits per heavy atom. The van der Waals surface area contributed by atoms with E-state index in [2.05, 4.69) is 10.1 Å². The molecule has 9 heteroatoms. The molecule has 0 saturated heterocycles. The van der Waals surface area contributed by atoms with E-state index in [0.29, 0.717) is 16.8 Å². The number of aromatic nitrogens is 3. The second-order valence-electron chi connectivity index (χ2n) is 4.66. The lowest BCUT2D eigenvalue weighted by Gasteiger charge is -2.15. The van der Waals surface area contributed by atoms with Crippen LogP contribution in [0.2, 0.25) is 0 Å². The van der Waals surface area contributed by atoms with Crippen molar-refractivity contribution in [2.24, 2.45) is 0 Å². The number of hydrogen-bond acceptors (Lipinski definition) is 3. The van der Waals surface area contributed by atoms with Gasteiger partial charge in [-0.05, 0) is 36.7 Å². The van der Waals surface area contributed by atoms with Crippen molar-refractivity contribution in [1.82, 2.24) is 14.8 Å². The van der Waals surface area contributed by atoms with Crippen LogP contribution >= 0.6 is 0 Å². The number of benzene rings is 1. The summed E-state index contributed by atoms with van der Waals surface area (Å²) in [5.74, 6) is -1.40. The molecule has 1 aromatic heterocycles. The van der Waals surface area contributed by atoms with Gasteiger partial charge in [0.2, 0.25) is 5.82 Å². The van der Waals surface area contributed by atoms with E-state index >= 15 is 0 Å². The zero-order valence-corrected chi connectivity index (χ0v) is 12.6. The Kier molecular flexibility index (Phi) is 5.07. The van der Waals surface area contributed by atoms with Crippen LogP contribution in [0.5, 0.6) is 0 Å². The van der Waals surface area contributed by atoms with E-state index in [1.54, 1.807) is 19.9 Å². The predicted octanol–water partition coefficient (Wildman–Crippen LogP) is 3.19. The van der Waals surface area contributed by atoms with Crippen LogP contribution in [0, 0.1) is 13.8 Å². The van der Waals surface area contributed by atoms with Crippen molar-refractivity contribution in [2.75, 3.05) is 5.75 Å². The maximum atomic E-state index is 12.5. The summed E-state index contributed by atoms with van der Waals surface area (Å²) >= 11 is -1.88. The number of nitrogens with zero attached hydrogens (tertiary/aromatic N) is 3. The molecule has 1 aromatic carbocycles. The van der Waals surface area contributed by atoms with Crippen molar-refractivity contribution in [3.05, 3.63) is 35.4 Å². The second kappa shape index (κ2) is 6.66. The maximum absolute atomic E-state index is 12.5. The van der Waals surface area contributed by atoms with Crippen molar-refractivity contribution in [2.45, 2.75) is 31.6 Å². The van der Waals surface area contributed by atoms with Gasteiger partial charge in [-0.3, -0.25) is 0 Å². The SMILES string of the molecule is Cc1cc(C)c([S+]([O-])CC(F)F)cc1-n1cnc(C(F)F)n1. The second-order valence-corrected chi connectivity index (χ2v) is 6.12. The van der Waals surface area contributed by atoms with Crippen LogP contribution in [0.4, 0.5) is 17.6 Å². The molecule has 0 radical (unpaired) electrons. The first-order valence-corrected chi connectivity index (χ1v) is 7.59. The average molecular weight is 335 g/mol. The molecule has 0 aliphatic heterocycles. The molecule has 4 nitrogen and oxygen atoms in total. The van der Waals surface area contributed by atoms with Gasteiger partial charge in [0.15, 0.2) is 10.6 Å². The molecule has 22 heavy (non-hydrogen) atoms. The normalized spacial score (nSPS) is 13.1. The minimum atomic E-state index is -2.81. The highest BCUT2D eigenvalue weighted by molar-refractivity contribution is 7.91. The molecule has 1 atom stereocenters. The monoisotopic (exact) mass is 335 g/mol. The lowest BCUT2D eigenvalue weighted by atomic mass is 10.1. The van der Waals surface area contributed by atoms with Crippen LogP contribution in [0.1, 0.15) is 23.4 Å². The molecular formula is C13H13F4N3OS. The van der Waals surface area contributed by atoms with E-state index < -0.39 is 35.6 Å². The largest absolute Gasteiger partial charge is 0.611 e. The fourth-order valence-corrected chi connectivity index (χ4v) is 3.08. The third-order valence-corrected chi connectivity index (χ3v) is 4.45. The highest BCUT2D eigenvalue weighted by atomic mass is 32.2. The van der Waals surface area contributed by atoms with Crippen LogP contribution in [-0.2, 0) is 11.2 Å². The van der Waals surface area contributed by atoms with Crippen LogP contribution in [0.15, 0.2) is 23.4 Å². The van der Waals surface area contributed by atoms with Crippen molar-refractivity contribution < 1.29 is 22.1 Å². The molecule has 0 aliphatic carbocycles. The fourth-order valence-electron chi connectivity index (χ4n) is 2.01. The Morgan fingerprint density at radius 1 is 1.18 bits per heavy atom. The third kappa shape index (κ3) is 3.58. The van der Waals surface area contributed by atoms with Crippen LogP contribution < -0.4 is 0 Å². The minimum absolute atomic E-state index is 0.231. The highest BCUT2D eigenvalue weighted by Gasteiger charge is 2.22. The molecule has 1 heterocycles. The van der Waals surface area contributed by atoms with Crippen molar-refractivity contribution in [3.8, 4) is 5.69 Å². The van der Waals surface area contributed by atoms with Gasteiger partial charge in [-0.1, -0.05) is 0 Å². The molecule has 2 rings (SSSR count). The van der Waals surface area contributed by atoms with Crippen molar-refractivity contribution in [1.29, 1.82) is 0 Å². The van der Waals surface area contributed by atoms with Gasteiger partial charge in [0, 0.05) is 11.6 Å². The van der Waals surface area contributed by atoms with Crippen LogP contribution in [-0.4, -0.2) is 31.5 Å². The van der Waals surface area contributed by atoms with Gasteiger partial charge in [-0.2, -0.15) is 0 Å². The van der Waals surface area contributed by atoms with Gasteiger partial charge in [0.25, 0.3) is 12.9 Å². The van der Waals surface area contributed by atoms with Gasteiger partial charge >= 0.3 is 0 Å². The summed E-state index contributed by atoms with van der Waals surface area (Å²) in [5.41, 5.74) is 1.65. The molecule has 0 fully saturated rings. The molecule has 0 aliphatic rings. The number of aryl methyl sites for hydroxylation is 2. The first-order chi connectivity index (χ1) is 10.3. The van der Waals surface area contributed by atoms with E-state index in [0.717, 1.165) is 11.0 Å². The molecule has 0 amide bonds. The summed E-state index contributed by atoms with van der Waals surface area (Å²) in [6.45, 7) is 3.37. The topological polar surface area (TPSA) is 53.8 Å². The Balaban J connectivity index is 2.43. The lowest BCUT2D eigenvalue weighted by Crippen LogP contribution is -2.15. The van der Waals surface area contributed by atoms with Gasteiger partial charge < -0.3 is 4.55 Å². The van der Waals surface area contributed by atoms with E-state index in [1.807, 2.05) is 0 Å². The Labute approximate surface area is 127 Å². The lowest BCUT2D eigenvalue weighted by molar-refractivity contribution is 0.140. The Morgan fingerprint density at radius 3 is 2.41 bits per heavy atom. The van der Waals surface area contributed by atoms with Gasteiger partial charge in [-0.15, -0.1) is 5.10 Å².